The average Bonchev–Trinajstić information content (AvgIpc) is 3.17. The molecule has 29 heavy (non-hydrogen) atoms. The first-order valence-corrected chi connectivity index (χ1v) is 10.3. The number of hydrogen-bond acceptors (Lipinski definition) is 3. The summed E-state index contributed by atoms with van der Waals surface area (Å²) in [6, 6.07) is 8.26. The van der Waals surface area contributed by atoms with Gasteiger partial charge in [0.25, 0.3) is 0 Å². The number of H-pyrrole nitrogens is 1. The van der Waals surface area contributed by atoms with Gasteiger partial charge in [-0.05, 0) is 51.3 Å². The number of aromatic nitrogens is 2. The van der Waals surface area contributed by atoms with Gasteiger partial charge in [0.05, 0.1) is 5.69 Å². The van der Waals surface area contributed by atoms with E-state index in [9.17, 15) is 14.0 Å². The molecule has 0 radical (unpaired) electrons. The Morgan fingerprint density at radius 3 is 2.48 bits per heavy atom. The summed E-state index contributed by atoms with van der Waals surface area (Å²) in [5.74, 6) is -0.118. The van der Waals surface area contributed by atoms with Crippen LogP contribution < -0.4 is 0 Å². The normalized spacial score (nSPS) is 10.8. The maximum absolute atomic E-state index is 13.3. The van der Waals surface area contributed by atoms with Crippen molar-refractivity contribution in [1.29, 1.82) is 0 Å². The lowest BCUT2D eigenvalue weighted by atomic mass is 10.1. The highest BCUT2D eigenvalue weighted by Crippen LogP contribution is 2.19. The van der Waals surface area contributed by atoms with Gasteiger partial charge in [-0.15, -0.1) is 0 Å². The Morgan fingerprint density at radius 2 is 1.79 bits per heavy atom. The third-order valence-electron chi connectivity index (χ3n) is 5.01. The standard InChI is InChI=1S/C22H31FN4O2/c1-4-27(5-2)22(29)13-7-12-21(28)26(3)14-8-11-19-16-20(25-24-19)17-9-6-10-18(23)15-17/h6,9-10,15-16H,4-5,7-8,11-14H2,1-3H3,(H,24,25). The van der Waals surface area contributed by atoms with Gasteiger partial charge in [-0.3, -0.25) is 14.7 Å². The van der Waals surface area contributed by atoms with Crippen LogP contribution in [-0.2, 0) is 16.0 Å². The second kappa shape index (κ2) is 11.3. The third kappa shape index (κ3) is 7.00. The maximum atomic E-state index is 13.3. The number of aromatic amines is 1. The molecule has 0 saturated carbocycles. The lowest BCUT2D eigenvalue weighted by Crippen LogP contribution is -2.31. The number of aryl methyl sites for hydroxylation is 1. The maximum Gasteiger partial charge on any atom is 0.222 e. The van der Waals surface area contributed by atoms with Crippen LogP contribution in [0.2, 0.25) is 0 Å². The van der Waals surface area contributed by atoms with Crippen LogP contribution in [0.4, 0.5) is 4.39 Å². The monoisotopic (exact) mass is 402 g/mol. The summed E-state index contributed by atoms with van der Waals surface area (Å²) in [5, 5.41) is 7.21. The van der Waals surface area contributed by atoms with E-state index in [1.807, 2.05) is 26.0 Å². The molecule has 0 bridgehead atoms. The number of amides is 2. The number of carbonyl (C=O) groups is 2. The van der Waals surface area contributed by atoms with Crippen molar-refractivity contribution in [3.8, 4) is 11.3 Å². The van der Waals surface area contributed by atoms with Crippen LogP contribution in [0.15, 0.2) is 30.3 Å². The highest BCUT2D eigenvalue weighted by molar-refractivity contribution is 5.78. The van der Waals surface area contributed by atoms with Crippen molar-refractivity contribution < 1.29 is 14.0 Å². The number of halogens is 1. The second-order valence-electron chi connectivity index (χ2n) is 7.13. The van der Waals surface area contributed by atoms with Gasteiger partial charge in [0.2, 0.25) is 11.8 Å². The highest BCUT2D eigenvalue weighted by atomic mass is 19.1. The summed E-state index contributed by atoms with van der Waals surface area (Å²) in [6.45, 7) is 5.97. The summed E-state index contributed by atoms with van der Waals surface area (Å²) >= 11 is 0. The Kier molecular flexibility index (Phi) is 8.83. The van der Waals surface area contributed by atoms with Gasteiger partial charge in [-0.2, -0.15) is 5.10 Å². The van der Waals surface area contributed by atoms with E-state index in [4.69, 9.17) is 0 Å². The van der Waals surface area contributed by atoms with Crippen LogP contribution >= 0.6 is 0 Å². The SMILES string of the molecule is CCN(CC)C(=O)CCCC(=O)N(C)CCCc1cc(-c2cccc(F)c2)n[nH]1. The second-order valence-corrected chi connectivity index (χ2v) is 7.13. The molecule has 0 aliphatic rings. The van der Waals surface area contributed by atoms with Gasteiger partial charge in [-0.1, -0.05) is 12.1 Å². The highest BCUT2D eigenvalue weighted by Gasteiger charge is 2.13. The van der Waals surface area contributed by atoms with E-state index >= 15 is 0 Å². The fourth-order valence-corrected chi connectivity index (χ4v) is 3.23. The molecule has 1 N–H and O–H groups in total. The predicted molar refractivity (Wildman–Crippen MR) is 112 cm³/mol. The molecule has 0 aliphatic carbocycles. The minimum Gasteiger partial charge on any atom is -0.346 e. The van der Waals surface area contributed by atoms with Crippen LogP contribution in [0.5, 0.6) is 0 Å². The summed E-state index contributed by atoms with van der Waals surface area (Å²) in [5.41, 5.74) is 2.40. The van der Waals surface area contributed by atoms with E-state index in [1.54, 1.807) is 22.9 Å². The summed E-state index contributed by atoms with van der Waals surface area (Å²) < 4.78 is 13.3. The van der Waals surface area contributed by atoms with E-state index < -0.39 is 0 Å². The molecule has 0 fully saturated rings. The first-order chi connectivity index (χ1) is 13.9. The quantitative estimate of drug-likeness (QED) is 0.624. The third-order valence-corrected chi connectivity index (χ3v) is 5.01. The van der Waals surface area contributed by atoms with Crippen molar-refractivity contribution in [3.05, 3.63) is 41.8 Å². The van der Waals surface area contributed by atoms with Crippen LogP contribution in [0, 0.1) is 5.82 Å². The molecule has 2 aromatic rings. The van der Waals surface area contributed by atoms with Gasteiger partial charge >= 0.3 is 0 Å². The van der Waals surface area contributed by atoms with Crippen LogP contribution in [-0.4, -0.2) is 58.5 Å². The molecule has 0 atom stereocenters. The number of rotatable bonds is 11. The largest absolute Gasteiger partial charge is 0.346 e. The van der Waals surface area contributed by atoms with Crippen molar-refractivity contribution in [2.45, 2.75) is 46.0 Å². The van der Waals surface area contributed by atoms with Gasteiger partial charge in [0.15, 0.2) is 0 Å². The molecule has 0 unspecified atom stereocenters. The van der Waals surface area contributed by atoms with E-state index in [-0.39, 0.29) is 17.6 Å². The Labute approximate surface area is 172 Å². The Balaban J connectivity index is 1.70. The molecular weight excluding hydrogens is 371 g/mol. The van der Waals surface area contributed by atoms with Crippen molar-refractivity contribution in [3.63, 3.8) is 0 Å². The first-order valence-electron chi connectivity index (χ1n) is 10.3. The average molecular weight is 403 g/mol. The Bertz CT molecular complexity index is 802. The van der Waals surface area contributed by atoms with E-state index in [0.29, 0.717) is 44.6 Å². The zero-order valence-electron chi connectivity index (χ0n) is 17.6. The fourth-order valence-electron chi connectivity index (χ4n) is 3.23. The molecule has 0 aliphatic heterocycles. The molecule has 158 valence electrons. The molecular formula is C22H31FN4O2. The molecule has 7 heteroatoms. The van der Waals surface area contributed by atoms with E-state index in [2.05, 4.69) is 10.2 Å². The molecule has 1 aromatic heterocycles. The smallest absolute Gasteiger partial charge is 0.222 e. The summed E-state index contributed by atoms with van der Waals surface area (Å²) in [4.78, 5) is 27.7. The Morgan fingerprint density at radius 1 is 1.07 bits per heavy atom. The molecule has 6 nitrogen and oxygen atoms in total. The minimum absolute atomic E-state index is 0.0578. The van der Waals surface area contributed by atoms with Gasteiger partial charge in [-0.25, -0.2) is 4.39 Å². The first kappa shape index (κ1) is 22.6. The van der Waals surface area contributed by atoms with E-state index in [1.165, 1.54) is 12.1 Å². The van der Waals surface area contributed by atoms with E-state index in [0.717, 1.165) is 24.1 Å². The molecule has 0 spiro atoms. The predicted octanol–water partition coefficient (Wildman–Crippen LogP) is 3.65. The number of benzene rings is 1. The fraction of sp³-hybridized carbons (Fsp3) is 0.500. The van der Waals surface area contributed by atoms with Crippen molar-refractivity contribution in [2.24, 2.45) is 0 Å². The number of carbonyl (C=O) groups excluding carboxylic acids is 2. The molecule has 1 aromatic carbocycles. The topological polar surface area (TPSA) is 69.3 Å². The van der Waals surface area contributed by atoms with Crippen LogP contribution in [0.1, 0.15) is 45.2 Å². The van der Waals surface area contributed by atoms with Crippen molar-refractivity contribution >= 4 is 11.8 Å². The number of nitrogens with zero attached hydrogens (tertiary/aromatic N) is 3. The van der Waals surface area contributed by atoms with Gasteiger partial charge < -0.3 is 9.80 Å². The van der Waals surface area contributed by atoms with Crippen molar-refractivity contribution in [1.82, 2.24) is 20.0 Å². The summed E-state index contributed by atoms with van der Waals surface area (Å²) in [7, 11) is 1.79. The molecule has 2 rings (SSSR count). The number of hydrogen-bond donors (Lipinski definition) is 1. The number of nitrogens with one attached hydrogen (secondary N) is 1. The van der Waals surface area contributed by atoms with Crippen molar-refractivity contribution in [2.75, 3.05) is 26.7 Å². The summed E-state index contributed by atoms with van der Waals surface area (Å²) in [6.07, 6.45) is 2.93. The zero-order valence-corrected chi connectivity index (χ0v) is 17.6. The van der Waals surface area contributed by atoms with Gasteiger partial charge in [0.1, 0.15) is 5.82 Å². The molecule has 2 amide bonds. The van der Waals surface area contributed by atoms with Gasteiger partial charge in [0, 0.05) is 50.8 Å². The van der Waals surface area contributed by atoms with Crippen LogP contribution in [0.3, 0.4) is 0 Å². The minimum atomic E-state index is -0.286. The van der Waals surface area contributed by atoms with Crippen LogP contribution in [0.25, 0.3) is 11.3 Å². The molecule has 0 saturated heterocycles. The lowest BCUT2D eigenvalue weighted by molar-refractivity contribution is -0.132. The Hall–Kier alpha value is -2.70. The molecule has 1 heterocycles. The lowest BCUT2D eigenvalue weighted by Gasteiger charge is -2.19. The zero-order chi connectivity index (χ0) is 21.2.